The smallest absolute Gasteiger partial charge is 0.257 e. The molecule has 1 unspecified atom stereocenters. The van der Waals surface area contributed by atoms with Gasteiger partial charge in [-0.15, -0.1) is 0 Å². The van der Waals surface area contributed by atoms with Crippen molar-refractivity contribution in [1.82, 2.24) is 24.6 Å². The number of nitrogens with zero attached hydrogens (tertiary/aromatic N) is 4. The van der Waals surface area contributed by atoms with E-state index in [2.05, 4.69) is 39.3 Å². The van der Waals surface area contributed by atoms with Crippen LogP contribution < -0.4 is 0 Å². The van der Waals surface area contributed by atoms with E-state index in [1.54, 1.807) is 12.5 Å². The van der Waals surface area contributed by atoms with E-state index < -0.39 is 0 Å². The summed E-state index contributed by atoms with van der Waals surface area (Å²) in [7, 11) is 0. The van der Waals surface area contributed by atoms with E-state index >= 15 is 0 Å². The highest BCUT2D eigenvalue weighted by atomic mass is 16.2. The van der Waals surface area contributed by atoms with Crippen molar-refractivity contribution in [2.75, 3.05) is 6.54 Å². The normalized spacial score (nSPS) is 15.9. The summed E-state index contributed by atoms with van der Waals surface area (Å²) in [6, 6.07) is 20.3. The molecule has 3 heterocycles. The number of aromatic nitrogens is 4. The molecule has 1 N–H and O–H groups in total. The van der Waals surface area contributed by atoms with Gasteiger partial charge >= 0.3 is 0 Å². The van der Waals surface area contributed by atoms with Crippen molar-refractivity contribution in [3.05, 3.63) is 107 Å². The molecule has 0 bridgehead atoms. The molecule has 2 aromatic heterocycles. The molecule has 4 aromatic rings. The molecule has 1 atom stereocenters. The molecule has 6 heteroatoms. The van der Waals surface area contributed by atoms with Crippen LogP contribution in [0, 0.1) is 0 Å². The van der Waals surface area contributed by atoms with E-state index in [-0.39, 0.29) is 11.8 Å². The first-order valence-corrected chi connectivity index (χ1v) is 9.70. The van der Waals surface area contributed by atoms with Crippen LogP contribution in [0.3, 0.4) is 0 Å². The van der Waals surface area contributed by atoms with Crippen molar-refractivity contribution >= 4 is 5.91 Å². The Kier molecular flexibility index (Phi) is 4.44. The Hall–Kier alpha value is -3.67. The molecule has 0 saturated carbocycles. The SMILES string of the molecule is O=C(c1cnn(Cc2ccccc2)c1)N1Cc2[nH]cnc2C(c2ccccc2)C1. The summed E-state index contributed by atoms with van der Waals surface area (Å²) in [6.45, 7) is 1.78. The van der Waals surface area contributed by atoms with Crippen molar-refractivity contribution in [1.29, 1.82) is 0 Å². The van der Waals surface area contributed by atoms with Crippen LogP contribution >= 0.6 is 0 Å². The number of H-pyrrole nitrogens is 1. The maximum absolute atomic E-state index is 13.2. The largest absolute Gasteiger partial charge is 0.347 e. The first-order chi connectivity index (χ1) is 14.3. The molecule has 0 spiro atoms. The number of amides is 1. The zero-order valence-electron chi connectivity index (χ0n) is 15.9. The number of carbonyl (C=O) groups is 1. The fraction of sp³-hybridized carbons (Fsp3) is 0.174. The van der Waals surface area contributed by atoms with Crippen LogP contribution in [-0.4, -0.2) is 37.1 Å². The van der Waals surface area contributed by atoms with E-state index in [1.165, 1.54) is 0 Å². The Bertz CT molecular complexity index is 1120. The molecular formula is C23H21N5O. The second-order valence-electron chi connectivity index (χ2n) is 7.33. The lowest BCUT2D eigenvalue weighted by molar-refractivity contribution is 0.0722. The molecule has 0 saturated heterocycles. The predicted octanol–water partition coefficient (Wildman–Crippen LogP) is 3.44. The third-order valence-electron chi connectivity index (χ3n) is 5.39. The number of hydrogen-bond acceptors (Lipinski definition) is 3. The maximum atomic E-state index is 13.2. The summed E-state index contributed by atoms with van der Waals surface area (Å²) in [6.07, 6.45) is 5.20. The van der Waals surface area contributed by atoms with Crippen LogP contribution in [0.1, 0.15) is 38.8 Å². The molecule has 2 aromatic carbocycles. The molecule has 0 fully saturated rings. The maximum Gasteiger partial charge on any atom is 0.257 e. The summed E-state index contributed by atoms with van der Waals surface area (Å²) in [5, 5.41) is 4.39. The average Bonchev–Trinajstić information content (AvgIpc) is 3.43. The van der Waals surface area contributed by atoms with Crippen LogP contribution in [0.5, 0.6) is 0 Å². The predicted molar refractivity (Wildman–Crippen MR) is 109 cm³/mol. The molecule has 1 amide bonds. The average molecular weight is 383 g/mol. The van der Waals surface area contributed by atoms with Crippen molar-refractivity contribution < 1.29 is 4.79 Å². The standard InChI is InChI=1S/C23H21N5O/c29-23(19-11-26-28(13-19)12-17-7-3-1-4-8-17)27-14-20(18-9-5-2-6-10-18)22-21(15-27)24-16-25-22/h1-11,13,16,20H,12,14-15H2,(H,24,25). The van der Waals surface area contributed by atoms with Gasteiger partial charge in [0.15, 0.2) is 0 Å². The number of rotatable bonds is 4. The minimum Gasteiger partial charge on any atom is -0.347 e. The fourth-order valence-corrected chi connectivity index (χ4v) is 3.94. The summed E-state index contributed by atoms with van der Waals surface area (Å²) in [5.74, 6) is 0.0556. The summed E-state index contributed by atoms with van der Waals surface area (Å²) >= 11 is 0. The third kappa shape index (κ3) is 3.45. The number of nitrogens with one attached hydrogen (secondary N) is 1. The number of fused-ring (bicyclic) bond motifs is 1. The van der Waals surface area contributed by atoms with E-state index in [0.29, 0.717) is 25.2 Å². The summed E-state index contributed by atoms with van der Waals surface area (Å²) < 4.78 is 1.81. The summed E-state index contributed by atoms with van der Waals surface area (Å²) in [4.78, 5) is 22.8. The fourth-order valence-electron chi connectivity index (χ4n) is 3.94. The molecular weight excluding hydrogens is 362 g/mol. The van der Waals surface area contributed by atoms with Gasteiger partial charge in [-0.05, 0) is 11.1 Å². The van der Waals surface area contributed by atoms with Crippen molar-refractivity contribution in [2.45, 2.75) is 19.0 Å². The van der Waals surface area contributed by atoms with Gasteiger partial charge in [0.05, 0.1) is 42.6 Å². The lowest BCUT2D eigenvalue weighted by Crippen LogP contribution is -2.38. The molecule has 0 aliphatic carbocycles. The quantitative estimate of drug-likeness (QED) is 0.587. The number of benzene rings is 2. The Morgan fingerprint density at radius 3 is 2.62 bits per heavy atom. The van der Waals surface area contributed by atoms with Crippen LogP contribution in [0.25, 0.3) is 0 Å². The van der Waals surface area contributed by atoms with Gasteiger partial charge in [-0.1, -0.05) is 60.7 Å². The van der Waals surface area contributed by atoms with Gasteiger partial charge in [0.1, 0.15) is 0 Å². The highest BCUT2D eigenvalue weighted by molar-refractivity contribution is 5.94. The highest BCUT2D eigenvalue weighted by Gasteiger charge is 2.32. The van der Waals surface area contributed by atoms with Crippen molar-refractivity contribution in [2.24, 2.45) is 0 Å². The first-order valence-electron chi connectivity index (χ1n) is 9.70. The number of hydrogen-bond donors (Lipinski definition) is 1. The Labute approximate surface area is 168 Å². The molecule has 1 aliphatic heterocycles. The third-order valence-corrected chi connectivity index (χ3v) is 5.39. The molecule has 0 radical (unpaired) electrons. The number of aromatic amines is 1. The second-order valence-corrected chi connectivity index (χ2v) is 7.33. The van der Waals surface area contributed by atoms with Crippen LogP contribution in [-0.2, 0) is 13.1 Å². The Morgan fingerprint density at radius 2 is 1.83 bits per heavy atom. The molecule has 5 rings (SSSR count). The zero-order valence-corrected chi connectivity index (χ0v) is 15.9. The minimum absolute atomic E-state index is 0.00880. The zero-order chi connectivity index (χ0) is 19.6. The van der Waals surface area contributed by atoms with Gasteiger partial charge in [0, 0.05) is 18.7 Å². The van der Waals surface area contributed by atoms with Gasteiger partial charge in [0.25, 0.3) is 5.91 Å². The van der Waals surface area contributed by atoms with Crippen molar-refractivity contribution in [3.63, 3.8) is 0 Å². The van der Waals surface area contributed by atoms with Gasteiger partial charge in [-0.2, -0.15) is 5.10 Å². The number of imidazole rings is 1. The van der Waals surface area contributed by atoms with E-state index in [4.69, 9.17) is 0 Å². The Balaban J connectivity index is 1.38. The summed E-state index contributed by atoms with van der Waals surface area (Å²) in [5.41, 5.74) is 4.95. The second kappa shape index (κ2) is 7.39. The van der Waals surface area contributed by atoms with E-state index in [1.807, 2.05) is 52.2 Å². The highest BCUT2D eigenvalue weighted by Crippen LogP contribution is 2.32. The minimum atomic E-state index is -0.00880. The van der Waals surface area contributed by atoms with Crippen LogP contribution in [0.2, 0.25) is 0 Å². The first kappa shape index (κ1) is 17.4. The molecule has 29 heavy (non-hydrogen) atoms. The van der Waals surface area contributed by atoms with Crippen molar-refractivity contribution in [3.8, 4) is 0 Å². The van der Waals surface area contributed by atoms with Crippen LogP contribution in [0.4, 0.5) is 0 Å². The van der Waals surface area contributed by atoms with Gasteiger partial charge in [-0.25, -0.2) is 4.98 Å². The van der Waals surface area contributed by atoms with Gasteiger partial charge < -0.3 is 9.88 Å². The van der Waals surface area contributed by atoms with E-state index in [0.717, 1.165) is 22.5 Å². The van der Waals surface area contributed by atoms with E-state index in [9.17, 15) is 4.79 Å². The van der Waals surface area contributed by atoms with Gasteiger partial charge in [0.2, 0.25) is 0 Å². The lowest BCUT2D eigenvalue weighted by atomic mass is 9.91. The molecule has 1 aliphatic rings. The van der Waals surface area contributed by atoms with Gasteiger partial charge in [-0.3, -0.25) is 9.48 Å². The molecule has 6 nitrogen and oxygen atoms in total. The monoisotopic (exact) mass is 383 g/mol. The number of carbonyl (C=O) groups excluding carboxylic acids is 1. The molecule has 144 valence electrons. The Morgan fingerprint density at radius 1 is 1.07 bits per heavy atom. The lowest BCUT2D eigenvalue weighted by Gasteiger charge is -2.32. The topological polar surface area (TPSA) is 66.8 Å². The van der Waals surface area contributed by atoms with Crippen LogP contribution in [0.15, 0.2) is 79.4 Å².